The van der Waals surface area contributed by atoms with Crippen molar-refractivity contribution < 1.29 is 4.79 Å². The lowest BCUT2D eigenvalue weighted by Gasteiger charge is -2.37. The zero-order valence-electron chi connectivity index (χ0n) is 21.1. The third-order valence-corrected chi connectivity index (χ3v) is 8.80. The number of benzene rings is 1. The largest absolute Gasteiger partial charge is 0.324 e. The number of nitrogens with zero attached hydrogens (tertiary/aromatic N) is 3. The van der Waals surface area contributed by atoms with Crippen LogP contribution in [-0.2, 0) is 17.6 Å². The first-order valence-corrected chi connectivity index (χ1v) is 13.5. The Labute approximate surface area is 210 Å². The molecule has 5 rings (SSSR count). The highest BCUT2D eigenvalue weighted by Crippen LogP contribution is 2.36. The van der Waals surface area contributed by atoms with Crippen LogP contribution in [0, 0.1) is 19.8 Å². The molecule has 1 fully saturated rings. The number of hydrogen-bond acceptors (Lipinski definition) is 6. The highest BCUT2D eigenvalue weighted by atomic mass is 32.1. The van der Waals surface area contributed by atoms with Crippen LogP contribution in [0.15, 0.2) is 23.0 Å². The maximum absolute atomic E-state index is 13.0. The second-order valence-electron chi connectivity index (χ2n) is 10.3. The van der Waals surface area contributed by atoms with Crippen molar-refractivity contribution >= 4 is 33.1 Å². The van der Waals surface area contributed by atoms with Crippen LogP contribution >= 0.6 is 11.3 Å². The quantitative estimate of drug-likeness (QED) is 0.561. The predicted molar refractivity (Wildman–Crippen MR) is 142 cm³/mol. The number of nitrogens with one attached hydrogen (secondary N) is 2. The van der Waals surface area contributed by atoms with E-state index >= 15 is 0 Å². The number of H-pyrrole nitrogens is 1. The lowest BCUT2D eigenvalue weighted by molar-refractivity contribution is -0.117. The van der Waals surface area contributed by atoms with Crippen molar-refractivity contribution in [3.63, 3.8) is 0 Å². The fourth-order valence-electron chi connectivity index (χ4n) is 5.44. The molecule has 35 heavy (non-hydrogen) atoms. The van der Waals surface area contributed by atoms with Crippen LogP contribution in [0.5, 0.6) is 0 Å². The maximum atomic E-state index is 13.0. The number of aromatic amines is 1. The molecule has 0 radical (unpaired) electrons. The summed E-state index contributed by atoms with van der Waals surface area (Å²) in [4.78, 5) is 40.5. The monoisotopic (exact) mass is 493 g/mol. The van der Waals surface area contributed by atoms with Crippen molar-refractivity contribution in [1.29, 1.82) is 0 Å². The summed E-state index contributed by atoms with van der Waals surface area (Å²) >= 11 is 1.70. The number of piperazine rings is 1. The second kappa shape index (κ2) is 9.84. The summed E-state index contributed by atoms with van der Waals surface area (Å²) in [7, 11) is 0. The van der Waals surface area contributed by atoms with E-state index in [1.54, 1.807) is 11.3 Å². The van der Waals surface area contributed by atoms with E-state index in [-0.39, 0.29) is 17.5 Å². The van der Waals surface area contributed by atoms with Gasteiger partial charge in [0, 0.05) is 36.7 Å². The Bertz CT molecular complexity index is 1280. The van der Waals surface area contributed by atoms with Gasteiger partial charge in [0.2, 0.25) is 5.91 Å². The number of carbonyl (C=O) groups excluding carboxylic acids is 1. The standard InChI is InChI=1S/C27H35N5O2S/c1-16-8-9-20-21(14-16)35-27-23(20)26(34)29-25(30-27)19(4)32-12-10-31(11-13-32)15-22(33)28-24-17(2)6-5-7-18(24)3/h5-7,16,19H,8-15H2,1-4H3,(H,28,33)(H,29,30,34). The second-order valence-corrected chi connectivity index (χ2v) is 11.4. The minimum Gasteiger partial charge on any atom is -0.324 e. The third kappa shape index (κ3) is 4.92. The van der Waals surface area contributed by atoms with Crippen molar-refractivity contribution in [3.05, 3.63) is 55.9 Å². The van der Waals surface area contributed by atoms with Crippen LogP contribution in [0.25, 0.3) is 10.2 Å². The van der Waals surface area contributed by atoms with Crippen molar-refractivity contribution in [3.8, 4) is 0 Å². The van der Waals surface area contributed by atoms with Gasteiger partial charge in [-0.1, -0.05) is 25.1 Å². The lowest BCUT2D eigenvalue weighted by Crippen LogP contribution is -2.49. The minimum atomic E-state index is 0.00529. The molecule has 1 aliphatic carbocycles. The normalized spacial score (nSPS) is 20.1. The average molecular weight is 494 g/mol. The molecule has 186 valence electrons. The smallest absolute Gasteiger partial charge is 0.259 e. The van der Waals surface area contributed by atoms with E-state index in [0.717, 1.165) is 78.3 Å². The van der Waals surface area contributed by atoms with Gasteiger partial charge >= 0.3 is 0 Å². The first-order chi connectivity index (χ1) is 16.8. The van der Waals surface area contributed by atoms with Crippen LogP contribution in [0.3, 0.4) is 0 Å². The van der Waals surface area contributed by atoms with Crippen LogP contribution in [0.4, 0.5) is 5.69 Å². The number of thiophene rings is 1. The molecule has 2 atom stereocenters. The Morgan fingerprint density at radius 3 is 2.66 bits per heavy atom. The molecule has 1 aliphatic heterocycles. The molecule has 1 saturated heterocycles. The van der Waals surface area contributed by atoms with E-state index in [9.17, 15) is 9.59 Å². The van der Waals surface area contributed by atoms with Gasteiger partial charge in [0.05, 0.1) is 18.0 Å². The van der Waals surface area contributed by atoms with Crippen molar-refractivity contribution in [2.24, 2.45) is 5.92 Å². The van der Waals surface area contributed by atoms with Crippen molar-refractivity contribution in [1.82, 2.24) is 19.8 Å². The van der Waals surface area contributed by atoms with Gasteiger partial charge in [-0.2, -0.15) is 0 Å². The highest BCUT2D eigenvalue weighted by molar-refractivity contribution is 7.18. The molecule has 1 aromatic carbocycles. The molecule has 2 unspecified atom stereocenters. The van der Waals surface area contributed by atoms with E-state index in [4.69, 9.17) is 4.98 Å². The molecule has 3 heterocycles. The van der Waals surface area contributed by atoms with Gasteiger partial charge in [-0.15, -0.1) is 11.3 Å². The maximum Gasteiger partial charge on any atom is 0.259 e. The van der Waals surface area contributed by atoms with E-state index in [1.165, 1.54) is 10.4 Å². The van der Waals surface area contributed by atoms with Crippen LogP contribution < -0.4 is 10.9 Å². The Morgan fingerprint density at radius 1 is 1.23 bits per heavy atom. The Kier molecular flexibility index (Phi) is 6.79. The van der Waals surface area contributed by atoms with Gasteiger partial charge < -0.3 is 10.3 Å². The summed E-state index contributed by atoms with van der Waals surface area (Å²) in [6, 6.07) is 6.07. The zero-order valence-corrected chi connectivity index (χ0v) is 21.9. The number of carbonyl (C=O) groups is 1. The van der Waals surface area contributed by atoms with Crippen molar-refractivity contribution in [2.45, 2.75) is 53.0 Å². The summed E-state index contributed by atoms with van der Waals surface area (Å²) in [5, 5.41) is 3.90. The molecule has 2 aromatic heterocycles. The van der Waals surface area contributed by atoms with Gasteiger partial charge in [-0.3, -0.25) is 19.4 Å². The molecule has 0 spiro atoms. The third-order valence-electron chi connectivity index (χ3n) is 7.65. The number of amides is 1. The number of fused-ring (bicyclic) bond motifs is 3. The summed E-state index contributed by atoms with van der Waals surface area (Å²) < 4.78 is 0. The number of anilines is 1. The van der Waals surface area contributed by atoms with Crippen LogP contribution in [0.1, 0.15) is 53.7 Å². The highest BCUT2D eigenvalue weighted by Gasteiger charge is 2.27. The van der Waals surface area contributed by atoms with Crippen molar-refractivity contribution in [2.75, 3.05) is 38.0 Å². The van der Waals surface area contributed by atoms with Gasteiger partial charge in [0.15, 0.2) is 0 Å². The molecular formula is C27H35N5O2S. The van der Waals surface area contributed by atoms with E-state index < -0.39 is 0 Å². The summed E-state index contributed by atoms with van der Waals surface area (Å²) in [6.07, 6.45) is 3.18. The lowest BCUT2D eigenvalue weighted by atomic mass is 9.89. The van der Waals surface area contributed by atoms with E-state index in [1.807, 2.05) is 32.0 Å². The summed E-state index contributed by atoms with van der Waals surface area (Å²) in [6.45, 7) is 12.1. The summed E-state index contributed by atoms with van der Waals surface area (Å²) in [5.74, 6) is 1.44. The molecular weight excluding hydrogens is 458 g/mol. The van der Waals surface area contributed by atoms with Gasteiger partial charge in [0.1, 0.15) is 10.7 Å². The predicted octanol–water partition coefficient (Wildman–Crippen LogP) is 4.04. The van der Waals surface area contributed by atoms with E-state index in [2.05, 4.69) is 33.9 Å². The number of aromatic nitrogens is 2. The van der Waals surface area contributed by atoms with Gasteiger partial charge in [-0.25, -0.2) is 4.98 Å². The fourth-order valence-corrected chi connectivity index (χ4v) is 6.83. The molecule has 1 amide bonds. The first-order valence-electron chi connectivity index (χ1n) is 12.7. The molecule has 8 heteroatoms. The van der Waals surface area contributed by atoms with Crippen LogP contribution in [0.2, 0.25) is 0 Å². The molecule has 3 aromatic rings. The SMILES string of the molecule is Cc1cccc(C)c1NC(=O)CN1CCN(C(C)c2nc3sc4c(c3c(=O)[nH]2)CCC(C)C4)CC1. The number of para-hydroxylation sites is 1. The summed E-state index contributed by atoms with van der Waals surface area (Å²) in [5.41, 5.74) is 4.31. The number of aryl methyl sites for hydroxylation is 3. The molecule has 7 nitrogen and oxygen atoms in total. The van der Waals surface area contributed by atoms with Crippen LogP contribution in [-0.4, -0.2) is 58.4 Å². The van der Waals surface area contributed by atoms with Gasteiger partial charge in [0.25, 0.3) is 5.56 Å². The topological polar surface area (TPSA) is 81.3 Å². The molecule has 0 saturated carbocycles. The fraction of sp³-hybridized carbons (Fsp3) is 0.519. The van der Waals surface area contributed by atoms with Gasteiger partial charge in [-0.05, 0) is 62.6 Å². The number of hydrogen-bond donors (Lipinski definition) is 2. The van der Waals surface area contributed by atoms with E-state index in [0.29, 0.717) is 12.5 Å². The minimum absolute atomic E-state index is 0.00529. The zero-order chi connectivity index (χ0) is 24.7. The number of rotatable bonds is 5. The average Bonchev–Trinajstić information content (AvgIpc) is 3.19. The Balaban J connectivity index is 1.22. The first kappa shape index (κ1) is 24.2. The Hall–Kier alpha value is -2.55. The molecule has 2 aliphatic rings. The Morgan fingerprint density at radius 2 is 1.94 bits per heavy atom. The molecule has 2 N–H and O–H groups in total. The molecule has 0 bridgehead atoms.